The molecule has 0 spiro atoms. The molecule has 1 atom stereocenters. The lowest BCUT2D eigenvalue weighted by molar-refractivity contribution is 0.306. The second kappa shape index (κ2) is 8.82. The number of benzene rings is 1. The van der Waals surface area contributed by atoms with Crippen LogP contribution < -0.4 is 10.1 Å². The number of hydrogen-bond acceptors (Lipinski definition) is 5. The van der Waals surface area contributed by atoms with Crippen LogP contribution >= 0.6 is 12.2 Å². The van der Waals surface area contributed by atoms with E-state index in [0.29, 0.717) is 11.5 Å². The van der Waals surface area contributed by atoms with E-state index in [-0.39, 0.29) is 17.5 Å². The van der Waals surface area contributed by atoms with Crippen LogP contribution in [-0.4, -0.2) is 75.2 Å². The minimum atomic E-state index is -2.95. The van der Waals surface area contributed by atoms with Crippen LogP contribution in [0.3, 0.4) is 0 Å². The predicted octanol–water partition coefficient (Wildman–Crippen LogP) is 1.83. The monoisotopic (exact) mass is 385 g/mol. The minimum absolute atomic E-state index is 0.0505. The van der Waals surface area contributed by atoms with Crippen LogP contribution in [0.15, 0.2) is 24.3 Å². The van der Waals surface area contributed by atoms with Crippen molar-refractivity contribution < 1.29 is 13.2 Å². The van der Waals surface area contributed by atoms with E-state index >= 15 is 0 Å². The van der Waals surface area contributed by atoms with E-state index in [1.807, 2.05) is 43.3 Å². The summed E-state index contributed by atoms with van der Waals surface area (Å²) >= 11 is 5.58. The summed E-state index contributed by atoms with van der Waals surface area (Å²) in [5.41, 5.74) is 0.865. The SMILES string of the molecule is COc1ccc(NC(=S)N(CCCN(C)C)[C@H]2CCS(=O)(=O)C2)cc1. The summed E-state index contributed by atoms with van der Waals surface area (Å²) < 4.78 is 28.9. The number of methoxy groups -OCH3 is 1. The highest BCUT2D eigenvalue weighted by Gasteiger charge is 2.33. The Morgan fingerprint density at radius 3 is 2.48 bits per heavy atom. The van der Waals surface area contributed by atoms with Crippen molar-refractivity contribution in [2.75, 3.05) is 51.1 Å². The fourth-order valence-corrected chi connectivity index (χ4v) is 4.99. The van der Waals surface area contributed by atoms with Crippen molar-refractivity contribution in [1.82, 2.24) is 9.80 Å². The van der Waals surface area contributed by atoms with Crippen molar-refractivity contribution >= 4 is 32.9 Å². The molecule has 0 amide bonds. The number of rotatable bonds is 7. The van der Waals surface area contributed by atoms with Crippen LogP contribution in [-0.2, 0) is 9.84 Å². The largest absolute Gasteiger partial charge is 0.497 e. The van der Waals surface area contributed by atoms with E-state index in [9.17, 15) is 8.42 Å². The Morgan fingerprint density at radius 1 is 1.28 bits per heavy atom. The standard InChI is InChI=1S/C17H27N3O3S2/c1-19(2)10-4-11-20(15-9-12-25(21,22)13-15)17(24)18-14-5-7-16(23-3)8-6-14/h5-8,15H,4,9-13H2,1-3H3,(H,18,24)/t15-/m0/s1. The molecule has 0 aliphatic carbocycles. The molecule has 1 aliphatic heterocycles. The van der Waals surface area contributed by atoms with Crippen LogP contribution in [0.5, 0.6) is 5.75 Å². The van der Waals surface area contributed by atoms with Crippen LogP contribution in [0, 0.1) is 0 Å². The maximum absolute atomic E-state index is 11.9. The van der Waals surface area contributed by atoms with Crippen LogP contribution in [0.25, 0.3) is 0 Å². The summed E-state index contributed by atoms with van der Waals surface area (Å²) in [4.78, 5) is 4.15. The van der Waals surface area contributed by atoms with Gasteiger partial charge in [0.25, 0.3) is 0 Å². The first kappa shape index (κ1) is 19.9. The Labute approximate surface area is 156 Å². The summed E-state index contributed by atoms with van der Waals surface area (Å²) in [6.45, 7) is 1.67. The molecular weight excluding hydrogens is 358 g/mol. The van der Waals surface area contributed by atoms with E-state index in [1.54, 1.807) is 7.11 Å². The minimum Gasteiger partial charge on any atom is -0.497 e. The zero-order valence-electron chi connectivity index (χ0n) is 15.1. The highest BCUT2D eigenvalue weighted by Crippen LogP contribution is 2.21. The fraction of sp³-hybridized carbons (Fsp3) is 0.588. The number of nitrogens with zero attached hydrogens (tertiary/aromatic N) is 2. The van der Waals surface area contributed by atoms with Crippen LogP contribution in [0.4, 0.5) is 5.69 Å². The molecule has 0 unspecified atom stereocenters. The summed E-state index contributed by atoms with van der Waals surface area (Å²) in [5, 5.41) is 3.80. The third-order valence-corrected chi connectivity index (χ3v) is 6.34. The van der Waals surface area contributed by atoms with Crippen molar-refractivity contribution in [3.8, 4) is 5.75 Å². The van der Waals surface area contributed by atoms with Gasteiger partial charge in [-0.2, -0.15) is 0 Å². The molecule has 25 heavy (non-hydrogen) atoms. The lowest BCUT2D eigenvalue weighted by Crippen LogP contribution is -2.44. The van der Waals surface area contributed by atoms with Gasteiger partial charge in [0.05, 0.1) is 18.6 Å². The molecule has 0 bridgehead atoms. The van der Waals surface area contributed by atoms with Crippen molar-refractivity contribution in [3.63, 3.8) is 0 Å². The molecule has 1 N–H and O–H groups in total. The number of thiocarbonyl (C=S) groups is 1. The Bertz CT molecular complexity index is 675. The molecule has 140 valence electrons. The third kappa shape index (κ3) is 6.13. The van der Waals surface area contributed by atoms with Crippen LogP contribution in [0.1, 0.15) is 12.8 Å². The third-order valence-electron chi connectivity index (χ3n) is 4.26. The molecule has 1 aliphatic rings. The summed E-state index contributed by atoms with van der Waals surface area (Å²) in [6, 6.07) is 7.47. The molecule has 0 radical (unpaired) electrons. The highest BCUT2D eigenvalue weighted by atomic mass is 32.2. The van der Waals surface area contributed by atoms with Crippen molar-refractivity contribution in [1.29, 1.82) is 0 Å². The van der Waals surface area contributed by atoms with Gasteiger partial charge in [0.2, 0.25) is 0 Å². The Hall–Kier alpha value is -1.38. The smallest absolute Gasteiger partial charge is 0.173 e. The van der Waals surface area contributed by atoms with Crippen molar-refractivity contribution in [3.05, 3.63) is 24.3 Å². The summed E-state index contributed by atoms with van der Waals surface area (Å²) in [5.74, 6) is 1.20. The molecule has 2 rings (SSSR count). The lowest BCUT2D eigenvalue weighted by Gasteiger charge is -2.31. The number of anilines is 1. The summed E-state index contributed by atoms with van der Waals surface area (Å²) in [6.07, 6.45) is 1.56. The molecule has 8 heteroatoms. The van der Waals surface area contributed by atoms with Crippen molar-refractivity contribution in [2.45, 2.75) is 18.9 Å². The maximum Gasteiger partial charge on any atom is 0.173 e. The van der Waals surface area contributed by atoms with Gasteiger partial charge in [-0.3, -0.25) is 0 Å². The normalized spacial score (nSPS) is 19.0. The predicted molar refractivity (Wildman–Crippen MR) is 106 cm³/mol. The average Bonchev–Trinajstić information content (AvgIpc) is 2.91. The number of hydrogen-bond donors (Lipinski definition) is 1. The van der Waals surface area contributed by atoms with Gasteiger partial charge in [0.15, 0.2) is 14.9 Å². The molecule has 1 aromatic rings. The van der Waals surface area contributed by atoms with Gasteiger partial charge in [0.1, 0.15) is 5.75 Å². The molecule has 0 saturated carbocycles. The lowest BCUT2D eigenvalue weighted by atomic mass is 10.2. The van der Waals surface area contributed by atoms with Gasteiger partial charge in [-0.15, -0.1) is 0 Å². The van der Waals surface area contributed by atoms with Crippen molar-refractivity contribution in [2.24, 2.45) is 0 Å². The number of ether oxygens (including phenoxy) is 1. The number of nitrogens with one attached hydrogen (secondary N) is 1. The molecule has 1 saturated heterocycles. The zero-order chi connectivity index (χ0) is 18.4. The first-order valence-corrected chi connectivity index (χ1v) is 10.6. The van der Waals surface area contributed by atoms with Gasteiger partial charge in [-0.05, 0) is 70.0 Å². The maximum atomic E-state index is 11.9. The summed E-state index contributed by atoms with van der Waals surface area (Å²) in [7, 11) is 2.72. The van der Waals surface area contributed by atoms with Gasteiger partial charge < -0.3 is 19.9 Å². The van der Waals surface area contributed by atoms with E-state index in [1.165, 1.54) is 0 Å². The second-order valence-electron chi connectivity index (χ2n) is 6.57. The first-order chi connectivity index (χ1) is 11.8. The molecule has 6 nitrogen and oxygen atoms in total. The van der Waals surface area contributed by atoms with Gasteiger partial charge in [-0.25, -0.2) is 8.42 Å². The first-order valence-electron chi connectivity index (χ1n) is 8.37. The van der Waals surface area contributed by atoms with E-state index < -0.39 is 9.84 Å². The van der Waals surface area contributed by atoms with Crippen LogP contribution in [0.2, 0.25) is 0 Å². The fourth-order valence-electron chi connectivity index (χ4n) is 2.90. The average molecular weight is 386 g/mol. The topological polar surface area (TPSA) is 61.9 Å². The van der Waals surface area contributed by atoms with Gasteiger partial charge in [0, 0.05) is 18.3 Å². The Kier molecular flexibility index (Phi) is 7.04. The Morgan fingerprint density at radius 2 is 1.96 bits per heavy atom. The van der Waals surface area contributed by atoms with E-state index in [4.69, 9.17) is 17.0 Å². The zero-order valence-corrected chi connectivity index (χ0v) is 16.7. The number of sulfone groups is 1. The molecule has 1 heterocycles. The molecular formula is C17H27N3O3S2. The van der Waals surface area contributed by atoms with Gasteiger partial charge in [-0.1, -0.05) is 0 Å². The molecule has 1 aromatic carbocycles. The highest BCUT2D eigenvalue weighted by molar-refractivity contribution is 7.91. The molecule has 1 fully saturated rings. The Balaban J connectivity index is 2.05. The van der Waals surface area contributed by atoms with E-state index in [0.717, 1.165) is 30.9 Å². The second-order valence-corrected chi connectivity index (χ2v) is 9.18. The van der Waals surface area contributed by atoms with E-state index in [2.05, 4.69) is 10.2 Å². The quantitative estimate of drug-likeness (QED) is 0.719. The molecule has 0 aromatic heterocycles. The van der Waals surface area contributed by atoms with Gasteiger partial charge >= 0.3 is 0 Å².